The molecule has 2 atom stereocenters. The van der Waals surface area contributed by atoms with Gasteiger partial charge in [0.05, 0.1) is 30.2 Å². The molecule has 2 aliphatic rings. The van der Waals surface area contributed by atoms with Crippen molar-refractivity contribution >= 4 is 39.8 Å². The number of benzene rings is 1. The van der Waals surface area contributed by atoms with E-state index < -0.39 is 15.1 Å². The van der Waals surface area contributed by atoms with Gasteiger partial charge in [-0.2, -0.15) is 0 Å². The van der Waals surface area contributed by atoms with Crippen LogP contribution in [0.5, 0.6) is 5.75 Å². The zero-order chi connectivity index (χ0) is 16.3. The van der Waals surface area contributed by atoms with E-state index in [1.807, 2.05) is 24.3 Å². The van der Waals surface area contributed by atoms with E-state index >= 15 is 0 Å². The number of para-hydroxylation sites is 1. The number of guanidine groups is 1. The molecule has 2 heterocycles. The van der Waals surface area contributed by atoms with Crippen molar-refractivity contribution < 1.29 is 13.2 Å². The van der Waals surface area contributed by atoms with E-state index in [9.17, 15) is 8.42 Å². The molecule has 8 heteroatoms. The third-order valence-electron chi connectivity index (χ3n) is 4.46. The molecule has 2 aliphatic heterocycles. The van der Waals surface area contributed by atoms with Gasteiger partial charge in [0.15, 0.2) is 15.8 Å². The molecule has 0 aliphatic carbocycles. The second-order valence-electron chi connectivity index (χ2n) is 6.08. The lowest BCUT2D eigenvalue weighted by molar-refractivity contribution is 0.262. The van der Waals surface area contributed by atoms with Crippen molar-refractivity contribution in [1.29, 1.82) is 0 Å². The Bertz CT molecular complexity index is 694. The molecule has 0 bridgehead atoms. The highest BCUT2D eigenvalue weighted by Crippen LogP contribution is 2.31. The SMILES string of the molecule is I.NC(=NCC1CCCCS1(=O)=O)NC1CCOc2ccccc21. The average molecular weight is 465 g/mol. The molecule has 0 radical (unpaired) electrons. The minimum Gasteiger partial charge on any atom is -0.493 e. The number of halogens is 1. The largest absolute Gasteiger partial charge is 0.493 e. The number of nitrogens with one attached hydrogen (secondary N) is 1. The van der Waals surface area contributed by atoms with Crippen LogP contribution in [0.2, 0.25) is 0 Å². The summed E-state index contributed by atoms with van der Waals surface area (Å²) in [5.74, 6) is 1.43. The van der Waals surface area contributed by atoms with Gasteiger partial charge in [-0.05, 0) is 18.9 Å². The second kappa shape index (κ2) is 8.37. The Balaban J connectivity index is 0.00000208. The first kappa shape index (κ1) is 19.3. The predicted octanol–water partition coefficient (Wildman–Crippen LogP) is 2.00. The maximum absolute atomic E-state index is 12.0. The Kier molecular flexibility index (Phi) is 6.73. The van der Waals surface area contributed by atoms with Gasteiger partial charge < -0.3 is 15.8 Å². The topological polar surface area (TPSA) is 93.8 Å². The standard InChI is InChI=1S/C16H23N3O3S.HI/c17-16(18-11-12-5-3-4-10-23(12,20)21)19-14-8-9-22-15-7-2-1-6-13(14)15;/h1-2,6-7,12,14H,3-5,8-11H2,(H3,17,18,19);1H. The van der Waals surface area contributed by atoms with Gasteiger partial charge >= 0.3 is 0 Å². The van der Waals surface area contributed by atoms with Crippen LogP contribution in [0, 0.1) is 0 Å². The van der Waals surface area contributed by atoms with Gasteiger partial charge in [0, 0.05) is 12.0 Å². The molecular weight excluding hydrogens is 441 g/mol. The molecule has 3 rings (SSSR count). The van der Waals surface area contributed by atoms with Crippen molar-refractivity contribution in [3.8, 4) is 5.75 Å². The summed E-state index contributed by atoms with van der Waals surface area (Å²) in [4.78, 5) is 4.27. The highest BCUT2D eigenvalue weighted by Gasteiger charge is 2.28. The van der Waals surface area contributed by atoms with Gasteiger partial charge in [-0.25, -0.2) is 8.42 Å². The quantitative estimate of drug-likeness (QED) is 0.405. The highest BCUT2D eigenvalue weighted by atomic mass is 127. The van der Waals surface area contributed by atoms with Gasteiger partial charge in [0.1, 0.15) is 5.75 Å². The van der Waals surface area contributed by atoms with E-state index in [2.05, 4.69) is 10.3 Å². The normalized spacial score (nSPS) is 25.8. The number of hydrogen-bond donors (Lipinski definition) is 2. The van der Waals surface area contributed by atoms with Crippen LogP contribution >= 0.6 is 24.0 Å². The Morgan fingerprint density at radius 3 is 2.88 bits per heavy atom. The van der Waals surface area contributed by atoms with Crippen LogP contribution in [0.4, 0.5) is 0 Å². The van der Waals surface area contributed by atoms with Crippen molar-refractivity contribution in [2.24, 2.45) is 10.7 Å². The van der Waals surface area contributed by atoms with E-state index in [1.54, 1.807) is 0 Å². The number of fused-ring (bicyclic) bond motifs is 1. The van der Waals surface area contributed by atoms with Crippen LogP contribution in [-0.2, 0) is 9.84 Å². The molecule has 134 valence electrons. The smallest absolute Gasteiger partial charge is 0.189 e. The fourth-order valence-corrected chi connectivity index (χ4v) is 4.91. The number of nitrogens with zero attached hydrogens (tertiary/aromatic N) is 1. The molecule has 0 saturated carbocycles. The zero-order valence-electron chi connectivity index (χ0n) is 13.5. The van der Waals surface area contributed by atoms with Gasteiger partial charge in [0.2, 0.25) is 0 Å². The third-order valence-corrected chi connectivity index (χ3v) is 6.72. The molecule has 24 heavy (non-hydrogen) atoms. The molecule has 1 fully saturated rings. The Hall–Kier alpha value is -1.03. The summed E-state index contributed by atoms with van der Waals surface area (Å²) in [6.07, 6.45) is 3.18. The maximum Gasteiger partial charge on any atom is 0.189 e. The van der Waals surface area contributed by atoms with E-state index in [-0.39, 0.29) is 42.3 Å². The van der Waals surface area contributed by atoms with E-state index in [4.69, 9.17) is 10.5 Å². The van der Waals surface area contributed by atoms with Crippen molar-refractivity contribution in [3.05, 3.63) is 29.8 Å². The number of aliphatic imine (C=N–C) groups is 1. The minimum absolute atomic E-state index is 0. The minimum atomic E-state index is -3.01. The van der Waals surface area contributed by atoms with Gasteiger partial charge in [0.25, 0.3) is 0 Å². The van der Waals surface area contributed by atoms with Crippen molar-refractivity contribution in [3.63, 3.8) is 0 Å². The Morgan fingerprint density at radius 2 is 2.08 bits per heavy atom. The monoisotopic (exact) mass is 465 g/mol. The van der Waals surface area contributed by atoms with Gasteiger partial charge in [-0.3, -0.25) is 4.99 Å². The van der Waals surface area contributed by atoms with Crippen molar-refractivity contribution in [2.75, 3.05) is 18.9 Å². The zero-order valence-corrected chi connectivity index (χ0v) is 16.6. The predicted molar refractivity (Wildman–Crippen MR) is 106 cm³/mol. The number of rotatable bonds is 3. The number of sulfone groups is 1. The summed E-state index contributed by atoms with van der Waals surface area (Å²) in [6.45, 7) is 0.866. The van der Waals surface area contributed by atoms with Crippen molar-refractivity contribution in [1.82, 2.24) is 5.32 Å². The fraction of sp³-hybridized carbons (Fsp3) is 0.562. The van der Waals surface area contributed by atoms with Gasteiger partial charge in [-0.15, -0.1) is 24.0 Å². The molecule has 2 unspecified atom stereocenters. The molecule has 1 aromatic carbocycles. The first-order valence-corrected chi connectivity index (χ1v) is 9.77. The molecule has 6 nitrogen and oxygen atoms in total. The van der Waals surface area contributed by atoms with Crippen LogP contribution in [0.15, 0.2) is 29.3 Å². The lowest BCUT2D eigenvalue weighted by Crippen LogP contribution is -2.39. The summed E-state index contributed by atoms with van der Waals surface area (Å²) in [5.41, 5.74) is 7.03. The lowest BCUT2D eigenvalue weighted by Gasteiger charge is -2.27. The number of hydrogen-bond acceptors (Lipinski definition) is 4. The molecule has 0 spiro atoms. The number of ether oxygens (including phenoxy) is 1. The van der Waals surface area contributed by atoms with Crippen LogP contribution in [0.1, 0.15) is 37.3 Å². The summed E-state index contributed by atoms with van der Waals surface area (Å²) in [6, 6.07) is 7.89. The van der Waals surface area contributed by atoms with Crippen LogP contribution in [0.25, 0.3) is 0 Å². The van der Waals surface area contributed by atoms with Crippen molar-refractivity contribution in [2.45, 2.75) is 37.0 Å². The van der Waals surface area contributed by atoms with E-state index in [0.29, 0.717) is 19.0 Å². The lowest BCUT2D eigenvalue weighted by atomic mass is 10.0. The summed E-state index contributed by atoms with van der Waals surface area (Å²) >= 11 is 0. The third kappa shape index (κ3) is 4.53. The highest BCUT2D eigenvalue weighted by molar-refractivity contribution is 14.0. The first-order valence-electron chi connectivity index (χ1n) is 8.06. The Labute approximate surface area is 160 Å². The second-order valence-corrected chi connectivity index (χ2v) is 8.48. The number of nitrogens with two attached hydrogens (primary N) is 1. The van der Waals surface area contributed by atoms with Crippen LogP contribution < -0.4 is 15.8 Å². The summed E-state index contributed by atoms with van der Waals surface area (Å²) < 4.78 is 29.6. The summed E-state index contributed by atoms with van der Waals surface area (Å²) in [5, 5.41) is 2.80. The Morgan fingerprint density at radius 1 is 1.29 bits per heavy atom. The van der Waals surface area contributed by atoms with E-state index in [0.717, 1.165) is 30.6 Å². The van der Waals surface area contributed by atoms with Crippen LogP contribution in [0.3, 0.4) is 0 Å². The fourth-order valence-electron chi connectivity index (χ4n) is 3.14. The van der Waals surface area contributed by atoms with Crippen LogP contribution in [-0.4, -0.2) is 38.5 Å². The van der Waals surface area contributed by atoms with E-state index in [1.165, 1.54) is 0 Å². The molecule has 0 amide bonds. The molecule has 0 aromatic heterocycles. The molecule has 3 N–H and O–H groups in total. The first-order chi connectivity index (χ1) is 11.1. The van der Waals surface area contributed by atoms with Gasteiger partial charge in [-0.1, -0.05) is 24.6 Å². The maximum atomic E-state index is 12.0. The molecule has 1 aromatic rings. The summed E-state index contributed by atoms with van der Waals surface area (Å²) in [7, 11) is -3.01. The average Bonchev–Trinajstić information content (AvgIpc) is 2.54. The molecule has 1 saturated heterocycles. The molecular formula is C16H24IN3O3S.